The molecule has 1 heterocycles. The number of hydrogen-bond acceptors (Lipinski definition) is 6. The number of hydrogen-bond donors (Lipinski definition) is 3. The van der Waals surface area contributed by atoms with Gasteiger partial charge in [-0.25, -0.2) is 12.8 Å². The molecule has 3 rings (SSSR count). The third kappa shape index (κ3) is 6.64. The van der Waals surface area contributed by atoms with Crippen molar-refractivity contribution in [2.24, 2.45) is 0 Å². The Balaban J connectivity index is 1.85. The lowest BCUT2D eigenvalue weighted by Gasteiger charge is -2.28. The number of nitrogens with one attached hydrogen (secondary N) is 3. The zero-order valence-electron chi connectivity index (χ0n) is 17.3. The van der Waals surface area contributed by atoms with Gasteiger partial charge in [0.05, 0.1) is 17.6 Å². The number of amides is 2. The van der Waals surface area contributed by atoms with E-state index in [2.05, 4.69) is 16.0 Å². The van der Waals surface area contributed by atoms with Crippen molar-refractivity contribution in [3.8, 4) is 6.07 Å². The largest absolute Gasteiger partial charge is 0.407 e. The van der Waals surface area contributed by atoms with Crippen molar-refractivity contribution in [1.29, 1.82) is 5.26 Å². The van der Waals surface area contributed by atoms with Crippen molar-refractivity contribution in [2.75, 3.05) is 11.5 Å². The minimum Gasteiger partial charge on any atom is -0.352 e. The van der Waals surface area contributed by atoms with E-state index in [1.165, 1.54) is 0 Å². The molecule has 180 valence electrons. The molecular weight excluding hydrogens is 468 g/mol. The number of alkyl halides is 3. The topological polar surface area (TPSA) is 128 Å². The number of carbonyl (C=O) groups excluding carboxylic acids is 2. The van der Waals surface area contributed by atoms with Crippen LogP contribution in [-0.2, 0) is 19.4 Å². The molecule has 3 N–H and O–H groups in total. The summed E-state index contributed by atoms with van der Waals surface area (Å²) in [6.45, 7) is 0. The van der Waals surface area contributed by atoms with Gasteiger partial charge in [-0.3, -0.25) is 14.9 Å². The first kappa shape index (κ1) is 24.9. The predicted molar refractivity (Wildman–Crippen MR) is 108 cm³/mol. The molecule has 3 atom stereocenters. The second-order valence-electron chi connectivity index (χ2n) is 8.31. The lowest BCUT2D eigenvalue weighted by molar-refractivity contribution is -0.160. The van der Waals surface area contributed by atoms with Crippen LogP contribution in [0.25, 0.3) is 0 Å². The van der Waals surface area contributed by atoms with Crippen LogP contribution in [-0.4, -0.2) is 55.5 Å². The van der Waals surface area contributed by atoms with E-state index in [0.717, 1.165) is 24.3 Å². The van der Waals surface area contributed by atoms with E-state index in [4.69, 9.17) is 0 Å². The predicted octanol–water partition coefficient (Wildman–Crippen LogP) is 1.25. The van der Waals surface area contributed by atoms with Gasteiger partial charge in [-0.15, -0.1) is 0 Å². The highest BCUT2D eigenvalue weighted by atomic mass is 32.2. The van der Waals surface area contributed by atoms with Crippen LogP contribution in [0.3, 0.4) is 0 Å². The Labute approximate surface area is 187 Å². The molecule has 0 unspecified atom stereocenters. The first-order valence-corrected chi connectivity index (χ1v) is 12.0. The van der Waals surface area contributed by atoms with Crippen molar-refractivity contribution in [3.05, 3.63) is 35.6 Å². The molecule has 2 aliphatic rings. The standard InChI is InChI=1S/C20H22F4N4O4S/c21-13-3-1-12(2-4-13)17(20(22,23)24)27-15(18(30)28-19(11-25)7-8-19)10-33(31,32)9-14-5-6-16(29)26-14/h1-4,14-15,17,27H,5-10H2,(H,26,29)(H,28,30)/t14-,15+,17+/m1/s1. The molecule has 1 aliphatic carbocycles. The number of nitriles is 1. The van der Waals surface area contributed by atoms with Crippen molar-refractivity contribution in [2.45, 2.75) is 55.5 Å². The highest BCUT2D eigenvalue weighted by molar-refractivity contribution is 7.91. The fourth-order valence-electron chi connectivity index (χ4n) is 3.58. The van der Waals surface area contributed by atoms with E-state index in [-0.39, 0.29) is 18.7 Å². The monoisotopic (exact) mass is 490 g/mol. The van der Waals surface area contributed by atoms with Gasteiger partial charge in [0.1, 0.15) is 23.4 Å². The van der Waals surface area contributed by atoms with E-state index in [0.29, 0.717) is 12.8 Å². The summed E-state index contributed by atoms with van der Waals surface area (Å²) in [6, 6.07) is 0.256. The summed E-state index contributed by atoms with van der Waals surface area (Å²) in [7, 11) is -4.10. The normalized spacial score (nSPS) is 21.5. The number of nitrogens with zero attached hydrogens (tertiary/aromatic N) is 1. The molecule has 2 amide bonds. The average molecular weight is 490 g/mol. The molecular formula is C20H22F4N4O4S. The maximum atomic E-state index is 13.8. The fourth-order valence-corrected chi connectivity index (χ4v) is 5.33. The molecule has 1 saturated heterocycles. The first-order valence-electron chi connectivity index (χ1n) is 10.1. The minimum absolute atomic E-state index is 0.133. The quantitative estimate of drug-likeness (QED) is 0.447. The maximum Gasteiger partial charge on any atom is 0.407 e. The molecule has 0 aromatic heterocycles. The van der Waals surface area contributed by atoms with E-state index < -0.39 is 68.5 Å². The number of sulfone groups is 1. The Bertz CT molecular complexity index is 1050. The van der Waals surface area contributed by atoms with Gasteiger partial charge >= 0.3 is 6.18 Å². The third-order valence-electron chi connectivity index (χ3n) is 5.50. The molecule has 0 radical (unpaired) electrons. The summed E-state index contributed by atoms with van der Waals surface area (Å²) in [6.07, 6.45) is -3.96. The molecule has 1 aromatic carbocycles. The molecule has 1 saturated carbocycles. The van der Waals surface area contributed by atoms with Gasteiger partial charge in [-0.05, 0) is 37.0 Å². The molecule has 8 nitrogen and oxygen atoms in total. The highest BCUT2D eigenvalue weighted by Crippen LogP contribution is 2.35. The molecule has 2 fully saturated rings. The summed E-state index contributed by atoms with van der Waals surface area (Å²) >= 11 is 0. The van der Waals surface area contributed by atoms with Crippen molar-refractivity contribution in [1.82, 2.24) is 16.0 Å². The van der Waals surface area contributed by atoms with Gasteiger partial charge < -0.3 is 10.6 Å². The lowest BCUT2D eigenvalue weighted by atomic mass is 10.0. The van der Waals surface area contributed by atoms with Gasteiger partial charge in [0.2, 0.25) is 11.8 Å². The van der Waals surface area contributed by atoms with Crippen molar-refractivity contribution < 1.29 is 35.6 Å². The van der Waals surface area contributed by atoms with Gasteiger partial charge in [0.25, 0.3) is 0 Å². The zero-order chi connectivity index (χ0) is 24.4. The summed E-state index contributed by atoms with van der Waals surface area (Å²) in [5.41, 5.74) is -1.65. The Kier molecular flexibility index (Phi) is 6.99. The van der Waals surface area contributed by atoms with Gasteiger partial charge in [0.15, 0.2) is 9.84 Å². The first-order chi connectivity index (χ1) is 15.3. The Morgan fingerprint density at radius 1 is 1.27 bits per heavy atom. The SMILES string of the molecule is N#CC1(NC(=O)[C@H](CS(=O)(=O)C[C@H]2CCC(=O)N2)N[C@@H](c2ccc(F)cc2)C(F)(F)F)CC1. The zero-order valence-corrected chi connectivity index (χ0v) is 18.1. The molecule has 1 aliphatic heterocycles. The molecule has 1 aromatic rings. The van der Waals surface area contributed by atoms with Crippen LogP contribution in [0.2, 0.25) is 0 Å². The summed E-state index contributed by atoms with van der Waals surface area (Å²) in [5, 5.41) is 16.1. The molecule has 13 heteroatoms. The highest BCUT2D eigenvalue weighted by Gasteiger charge is 2.48. The Hall–Kier alpha value is -2.72. The van der Waals surface area contributed by atoms with Crippen LogP contribution in [0.1, 0.15) is 37.3 Å². The third-order valence-corrected chi connectivity index (χ3v) is 7.25. The van der Waals surface area contributed by atoms with E-state index in [1.54, 1.807) is 0 Å². The lowest BCUT2D eigenvalue weighted by Crippen LogP contribution is -2.55. The van der Waals surface area contributed by atoms with Crippen molar-refractivity contribution >= 4 is 21.7 Å². The Morgan fingerprint density at radius 2 is 1.91 bits per heavy atom. The van der Waals surface area contributed by atoms with Gasteiger partial charge in [-0.2, -0.15) is 18.4 Å². The van der Waals surface area contributed by atoms with Crippen LogP contribution in [0.4, 0.5) is 17.6 Å². The fraction of sp³-hybridized carbons (Fsp3) is 0.550. The number of rotatable bonds is 9. The smallest absolute Gasteiger partial charge is 0.352 e. The van der Waals surface area contributed by atoms with E-state index in [9.17, 15) is 40.8 Å². The van der Waals surface area contributed by atoms with Crippen LogP contribution < -0.4 is 16.0 Å². The second kappa shape index (κ2) is 9.26. The number of benzene rings is 1. The van der Waals surface area contributed by atoms with Crippen molar-refractivity contribution in [3.63, 3.8) is 0 Å². The summed E-state index contributed by atoms with van der Waals surface area (Å²) < 4.78 is 80.1. The molecule has 0 spiro atoms. The summed E-state index contributed by atoms with van der Waals surface area (Å²) in [4.78, 5) is 24.1. The minimum atomic E-state index is -4.94. The molecule has 33 heavy (non-hydrogen) atoms. The van der Waals surface area contributed by atoms with Crippen LogP contribution >= 0.6 is 0 Å². The average Bonchev–Trinajstić information content (AvgIpc) is 3.37. The van der Waals surface area contributed by atoms with Crippen LogP contribution in [0.5, 0.6) is 0 Å². The second-order valence-corrected chi connectivity index (χ2v) is 10.5. The number of carbonyl (C=O) groups is 2. The van der Waals surface area contributed by atoms with E-state index in [1.807, 2.05) is 6.07 Å². The maximum absolute atomic E-state index is 13.8. The van der Waals surface area contributed by atoms with Gasteiger partial charge in [-0.1, -0.05) is 12.1 Å². The molecule has 0 bridgehead atoms. The summed E-state index contributed by atoms with van der Waals surface area (Å²) in [5.74, 6) is -3.69. The van der Waals surface area contributed by atoms with Gasteiger partial charge in [0, 0.05) is 12.5 Å². The van der Waals surface area contributed by atoms with E-state index >= 15 is 0 Å². The van der Waals surface area contributed by atoms with Crippen LogP contribution in [0.15, 0.2) is 24.3 Å². The number of halogens is 4. The van der Waals surface area contributed by atoms with Crippen LogP contribution in [0, 0.1) is 17.1 Å². The Morgan fingerprint density at radius 3 is 2.39 bits per heavy atom.